The Morgan fingerprint density at radius 1 is 1.10 bits per heavy atom. The SMILES string of the molecule is COc1ccc2c(c1)CCN(C(=O)Oc1ccc(N3C(=O)CCC(C)(C)C3=O)cn1)C2. The fraction of sp³-hybridized carbons (Fsp3) is 0.391. The fourth-order valence-corrected chi connectivity index (χ4v) is 3.85. The molecule has 0 unspecified atom stereocenters. The second-order valence-electron chi connectivity index (χ2n) is 8.45. The van der Waals surface area contributed by atoms with Crippen LogP contribution < -0.4 is 14.4 Å². The zero-order valence-electron chi connectivity index (χ0n) is 17.9. The Morgan fingerprint density at radius 3 is 2.61 bits per heavy atom. The number of imide groups is 1. The van der Waals surface area contributed by atoms with Gasteiger partial charge in [-0.1, -0.05) is 19.9 Å². The number of piperidine rings is 1. The fourth-order valence-electron chi connectivity index (χ4n) is 3.85. The molecule has 0 radical (unpaired) electrons. The van der Waals surface area contributed by atoms with Crippen LogP contribution in [0.25, 0.3) is 0 Å². The van der Waals surface area contributed by atoms with Crippen molar-refractivity contribution in [1.82, 2.24) is 9.88 Å². The predicted molar refractivity (Wildman–Crippen MR) is 113 cm³/mol. The van der Waals surface area contributed by atoms with Crippen molar-refractivity contribution in [2.45, 2.75) is 39.7 Å². The van der Waals surface area contributed by atoms with Gasteiger partial charge in [0.2, 0.25) is 17.7 Å². The molecule has 31 heavy (non-hydrogen) atoms. The number of hydrogen-bond donors (Lipinski definition) is 0. The maximum Gasteiger partial charge on any atom is 0.416 e. The van der Waals surface area contributed by atoms with E-state index in [0.29, 0.717) is 38.0 Å². The summed E-state index contributed by atoms with van der Waals surface area (Å²) >= 11 is 0. The second kappa shape index (κ2) is 8.02. The van der Waals surface area contributed by atoms with Crippen molar-refractivity contribution in [3.8, 4) is 11.6 Å². The monoisotopic (exact) mass is 423 g/mol. The normalized spacial score (nSPS) is 17.9. The summed E-state index contributed by atoms with van der Waals surface area (Å²) in [6.07, 6.45) is 2.43. The Bertz CT molecular complexity index is 1030. The molecule has 8 nitrogen and oxygen atoms in total. The summed E-state index contributed by atoms with van der Waals surface area (Å²) in [6, 6.07) is 8.89. The molecule has 3 heterocycles. The molecule has 1 aromatic heterocycles. The molecule has 1 aromatic carbocycles. The molecule has 1 fully saturated rings. The number of benzene rings is 1. The smallest absolute Gasteiger partial charge is 0.416 e. The highest BCUT2D eigenvalue weighted by molar-refractivity contribution is 6.18. The molecule has 3 amide bonds. The summed E-state index contributed by atoms with van der Waals surface area (Å²) < 4.78 is 10.7. The minimum atomic E-state index is -0.604. The van der Waals surface area contributed by atoms with E-state index < -0.39 is 11.5 Å². The lowest BCUT2D eigenvalue weighted by molar-refractivity contribution is -0.136. The number of nitrogens with zero attached hydrogens (tertiary/aromatic N) is 3. The van der Waals surface area contributed by atoms with Crippen molar-refractivity contribution >= 4 is 23.6 Å². The molecule has 2 aliphatic heterocycles. The summed E-state index contributed by atoms with van der Waals surface area (Å²) in [5, 5.41) is 0. The van der Waals surface area contributed by atoms with E-state index in [-0.39, 0.29) is 17.7 Å². The van der Waals surface area contributed by atoms with Crippen molar-refractivity contribution < 1.29 is 23.9 Å². The first-order chi connectivity index (χ1) is 14.8. The predicted octanol–water partition coefficient (Wildman–Crippen LogP) is 3.33. The third-order valence-electron chi connectivity index (χ3n) is 5.85. The molecule has 0 spiro atoms. The van der Waals surface area contributed by atoms with Gasteiger partial charge >= 0.3 is 6.09 Å². The number of anilines is 1. The van der Waals surface area contributed by atoms with Crippen LogP contribution in [-0.2, 0) is 22.6 Å². The van der Waals surface area contributed by atoms with Crippen molar-refractivity contribution in [3.05, 3.63) is 47.7 Å². The second-order valence-corrected chi connectivity index (χ2v) is 8.45. The molecule has 0 saturated carbocycles. The summed E-state index contributed by atoms with van der Waals surface area (Å²) in [4.78, 5) is 44.4. The molecule has 162 valence electrons. The number of methoxy groups -OCH3 is 1. The van der Waals surface area contributed by atoms with Gasteiger partial charge in [-0.25, -0.2) is 14.7 Å². The number of rotatable bonds is 3. The Kier molecular flexibility index (Phi) is 5.39. The van der Waals surface area contributed by atoms with E-state index in [1.54, 1.807) is 18.1 Å². The number of pyridine rings is 1. The van der Waals surface area contributed by atoms with Gasteiger partial charge in [-0.05, 0) is 42.2 Å². The molecule has 1 saturated heterocycles. The average molecular weight is 423 g/mol. The van der Waals surface area contributed by atoms with Gasteiger partial charge < -0.3 is 14.4 Å². The van der Waals surface area contributed by atoms with Gasteiger partial charge in [0.25, 0.3) is 0 Å². The minimum absolute atomic E-state index is 0.116. The molecular formula is C23H25N3O5. The zero-order valence-corrected chi connectivity index (χ0v) is 17.9. The zero-order chi connectivity index (χ0) is 22.2. The van der Waals surface area contributed by atoms with E-state index >= 15 is 0 Å². The Balaban J connectivity index is 1.43. The van der Waals surface area contributed by atoms with Gasteiger partial charge in [0.1, 0.15) is 5.75 Å². The van der Waals surface area contributed by atoms with Gasteiger partial charge in [0.15, 0.2) is 0 Å². The molecule has 4 rings (SSSR count). The van der Waals surface area contributed by atoms with Crippen LogP contribution in [0.1, 0.15) is 37.8 Å². The topological polar surface area (TPSA) is 89.0 Å². The number of fused-ring (bicyclic) bond motifs is 1. The first kappa shape index (κ1) is 20.8. The Labute approximate surface area is 180 Å². The van der Waals surface area contributed by atoms with E-state index in [2.05, 4.69) is 4.98 Å². The highest BCUT2D eigenvalue weighted by Gasteiger charge is 2.41. The molecule has 0 aliphatic carbocycles. The first-order valence-electron chi connectivity index (χ1n) is 10.2. The summed E-state index contributed by atoms with van der Waals surface area (Å²) in [5.74, 6) is 0.414. The summed E-state index contributed by atoms with van der Waals surface area (Å²) in [7, 11) is 1.63. The maximum absolute atomic E-state index is 12.6. The molecule has 0 bridgehead atoms. The van der Waals surface area contributed by atoms with Crippen LogP contribution in [0.15, 0.2) is 36.5 Å². The number of aromatic nitrogens is 1. The maximum atomic E-state index is 12.6. The van der Waals surface area contributed by atoms with Gasteiger partial charge in [-0.15, -0.1) is 0 Å². The van der Waals surface area contributed by atoms with E-state index in [9.17, 15) is 14.4 Å². The molecule has 2 aliphatic rings. The van der Waals surface area contributed by atoms with Crippen molar-refractivity contribution in [1.29, 1.82) is 0 Å². The van der Waals surface area contributed by atoms with E-state index in [1.165, 1.54) is 12.3 Å². The molecule has 2 aromatic rings. The van der Waals surface area contributed by atoms with Gasteiger partial charge in [-0.2, -0.15) is 0 Å². The Hall–Kier alpha value is -3.42. The number of hydrogen-bond acceptors (Lipinski definition) is 6. The van der Waals surface area contributed by atoms with Crippen LogP contribution in [0, 0.1) is 5.41 Å². The minimum Gasteiger partial charge on any atom is -0.497 e. The summed E-state index contributed by atoms with van der Waals surface area (Å²) in [6.45, 7) is 4.63. The largest absolute Gasteiger partial charge is 0.497 e. The number of ether oxygens (including phenoxy) is 2. The number of carbonyl (C=O) groups excluding carboxylic acids is 3. The highest BCUT2D eigenvalue weighted by Crippen LogP contribution is 2.34. The highest BCUT2D eigenvalue weighted by atomic mass is 16.6. The van der Waals surface area contributed by atoms with Crippen LogP contribution in [0.3, 0.4) is 0 Å². The third kappa shape index (κ3) is 4.10. The first-order valence-corrected chi connectivity index (χ1v) is 10.2. The van der Waals surface area contributed by atoms with Crippen LogP contribution in [0.2, 0.25) is 0 Å². The van der Waals surface area contributed by atoms with Gasteiger partial charge in [0, 0.05) is 31.0 Å². The Morgan fingerprint density at radius 2 is 1.90 bits per heavy atom. The van der Waals surface area contributed by atoms with E-state index in [0.717, 1.165) is 21.8 Å². The van der Waals surface area contributed by atoms with Crippen LogP contribution in [0.4, 0.5) is 10.5 Å². The van der Waals surface area contributed by atoms with Crippen molar-refractivity contribution in [3.63, 3.8) is 0 Å². The summed E-state index contributed by atoms with van der Waals surface area (Å²) in [5.41, 5.74) is 1.98. The van der Waals surface area contributed by atoms with Crippen LogP contribution in [-0.4, -0.2) is 41.4 Å². The van der Waals surface area contributed by atoms with E-state index in [4.69, 9.17) is 9.47 Å². The lowest BCUT2D eigenvalue weighted by Gasteiger charge is -2.35. The lowest BCUT2D eigenvalue weighted by atomic mass is 9.82. The quantitative estimate of drug-likeness (QED) is 0.704. The van der Waals surface area contributed by atoms with Crippen LogP contribution in [0.5, 0.6) is 11.6 Å². The number of amides is 3. The molecular weight excluding hydrogens is 398 g/mol. The van der Waals surface area contributed by atoms with Gasteiger partial charge in [-0.3, -0.25) is 9.59 Å². The standard InChI is InChI=1S/C23H25N3O5/c1-23(2)10-8-20(27)26(21(23)28)17-5-7-19(24-13-17)31-22(29)25-11-9-15-12-18(30-3)6-4-16(15)14-25/h4-7,12-13H,8-11,14H2,1-3H3. The van der Waals surface area contributed by atoms with Crippen LogP contribution >= 0.6 is 0 Å². The molecule has 8 heteroatoms. The molecule has 0 N–H and O–H groups in total. The molecule has 0 atom stereocenters. The van der Waals surface area contributed by atoms with Crippen molar-refractivity contribution in [2.24, 2.45) is 5.41 Å². The van der Waals surface area contributed by atoms with Gasteiger partial charge in [0.05, 0.1) is 19.0 Å². The van der Waals surface area contributed by atoms with Crippen molar-refractivity contribution in [2.75, 3.05) is 18.6 Å². The van der Waals surface area contributed by atoms with E-state index in [1.807, 2.05) is 32.0 Å². The third-order valence-corrected chi connectivity index (χ3v) is 5.85. The average Bonchev–Trinajstić information content (AvgIpc) is 2.77. The lowest BCUT2D eigenvalue weighted by Crippen LogP contribution is -2.49. The number of carbonyl (C=O) groups is 3.